The number of benzene rings is 1. The van der Waals surface area contributed by atoms with E-state index in [4.69, 9.17) is 30.9 Å². The number of carbonyl (C=O) groups excluding carboxylic acids is 1. The van der Waals surface area contributed by atoms with Crippen LogP contribution in [0.15, 0.2) is 36.8 Å². The zero-order valence-corrected chi connectivity index (χ0v) is 22.9. The summed E-state index contributed by atoms with van der Waals surface area (Å²) in [6, 6.07) is 7.49. The van der Waals surface area contributed by atoms with Crippen molar-refractivity contribution >= 4 is 40.2 Å². The molecule has 1 saturated heterocycles. The average Bonchev–Trinajstić information content (AvgIpc) is 3.29. The molecular weight excluding hydrogens is 510 g/mol. The van der Waals surface area contributed by atoms with Crippen LogP contribution in [0.4, 0.5) is 16.3 Å². The van der Waals surface area contributed by atoms with E-state index in [2.05, 4.69) is 15.3 Å². The van der Waals surface area contributed by atoms with Crippen molar-refractivity contribution in [2.45, 2.75) is 45.8 Å². The lowest BCUT2D eigenvalue weighted by Crippen LogP contribution is -2.42. The molecule has 2 N–H and O–H groups in total. The molecule has 38 heavy (non-hydrogen) atoms. The van der Waals surface area contributed by atoms with Gasteiger partial charge in [-0.2, -0.15) is 0 Å². The van der Waals surface area contributed by atoms with E-state index in [1.54, 1.807) is 4.90 Å². The van der Waals surface area contributed by atoms with Crippen molar-refractivity contribution in [3.05, 3.63) is 41.8 Å². The molecule has 11 heteroatoms. The number of halogens is 1. The van der Waals surface area contributed by atoms with E-state index >= 15 is 0 Å². The molecule has 4 rings (SSSR count). The summed E-state index contributed by atoms with van der Waals surface area (Å²) < 4.78 is 18.9. The second kappa shape index (κ2) is 12.6. The van der Waals surface area contributed by atoms with E-state index in [0.29, 0.717) is 62.0 Å². The maximum Gasteiger partial charge on any atom is 0.410 e. The predicted molar refractivity (Wildman–Crippen MR) is 146 cm³/mol. The summed E-state index contributed by atoms with van der Waals surface area (Å²) in [7, 11) is 0. The summed E-state index contributed by atoms with van der Waals surface area (Å²) in [4.78, 5) is 22.8. The van der Waals surface area contributed by atoms with Gasteiger partial charge in [-0.05, 0) is 63.8 Å². The predicted octanol–water partition coefficient (Wildman–Crippen LogP) is 4.86. The molecule has 0 spiro atoms. The van der Waals surface area contributed by atoms with Gasteiger partial charge in [0.15, 0.2) is 5.82 Å². The number of aliphatic hydroxyl groups excluding tert-OH is 1. The van der Waals surface area contributed by atoms with Crippen molar-refractivity contribution in [1.29, 1.82) is 0 Å². The SMILES string of the molecule is CC(C)(C)OC(=O)N1CCC(COc2ccc(Nc3ncnc4ccn(CCOCCO)c34)cc2Cl)CC1. The molecule has 3 aromatic rings. The minimum Gasteiger partial charge on any atom is -0.492 e. The highest BCUT2D eigenvalue weighted by molar-refractivity contribution is 6.32. The van der Waals surface area contributed by atoms with Crippen molar-refractivity contribution in [2.75, 3.05) is 44.8 Å². The van der Waals surface area contributed by atoms with Gasteiger partial charge in [0.2, 0.25) is 0 Å². The molecule has 1 fully saturated rings. The molecule has 0 bridgehead atoms. The number of hydrogen-bond acceptors (Lipinski definition) is 8. The van der Waals surface area contributed by atoms with Gasteiger partial charge in [0, 0.05) is 31.5 Å². The molecule has 1 aliphatic heterocycles. The standard InChI is InChI=1S/C27H36ClN5O5/c1-27(2,3)38-26(35)33-9-6-19(7-10-33)17-37-23-5-4-20(16-21(23)28)31-25-24-22(29-18-30-25)8-11-32(24)12-14-36-15-13-34/h4-5,8,11,16,18-19,34H,6-7,9-10,12-15,17H2,1-3H3,(H,29,30,31). The molecule has 1 aromatic carbocycles. The highest BCUT2D eigenvalue weighted by Gasteiger charge is 2.27. The molecule has 0 radical (unpaired) electrons. The summed E-state index contributed by atoms with van der Waals surface area (Å²) >= 11 is 6.56. The quantitative estimate of drug-likeness (QED) is 0.347. The molecule has 1 aliphatic rings. The Morgan fingerprint density at radius 2 is 1.97 bits per heavy atom. The van der Waals surface area contributed by atoms with Crippen LogP contribution >= 0.6 is 11.6 Å². The summed E-state index contributed by atoms with van der Waals surface area (Å²) in [5, 5.41) is 12.7. The van der Waals surface area contributed by atoms with Gasteiger partial charge < -0.3 is 34.1 Å². The summed E-state index contributed by atoms with van der Waals surface area (Å²) in [5.41, 5.74) is 1.95. The second-order valence-electron chi connectivity index (χ2n) is 10.3. The Labute approximate surface area is 227 Å². The Morgan fingerprint density at radius 3 is 2.68 bits per heavy atom. The number of nitrogens with one attached hydrogen (secondary N) is 1. The molecule has 0 unspecified atom stereocenters. The van der Waals surface area contributed by atoms with E-state index in [1.807, 2.05) is 55.8 Å². The van der Waals surface area contributed by atoms with Crippen LogP contribution in [-0.2, 0) is 16.0 Å². The Balaban J connectivity index is 1.32. The monoisotopic (exact) mass is 545 g/mol. The number of nitrogens with zero attached hydrogens (tertiary/aromatic N) is 4. The third-order valence-electron chi connectivity index (χ3n) is 6.20. The van der Waals surface area contributed by atoms with E-state index < -0.39 is 5.60 Å². The van der Waals surface area contributed by atoms with Gasteiger partial charge in [0.25, 0.3) is 0 Å². The number of carbonyl (C=O) groups is 1. The number of rotatable bonds is 10. The van der Waals surface area contributed by atoms with Crippen molar-refractivity contribution in [2.24, 2.45) is 5.92 Å². The molecule has 206 valence electrons. The van der Waals surface area contributed by atoms with Crippen LogP contribution in [0, 0.1) is 5.92 Å². The maximum absolute atomic E-state index is 12.3. The zero-order chi connectivity index (χ0) is 27.1. The van der Waals surface area contributed by atoms with Crippen LogP contribution in [0.3, 0.4) is 0 Å². The molecule has 10 nitrogen and oxygen atoms in total. The van der Waals surface area contributed by atoms with Crippen molar-refractivity contribution in [1.82, 2.24) is 19.4 Å². The number of ether oxygens (including phenoxy) is 3. The Kier molecular flexibility index (Phi) is 9.30. The smallest absolute Gasteiger partial charge is 0.410 e. The Hall–Kier alpha value is -3.08. The molecule has 3 heterocycles. The summed E-state index contributed by atoms with van der Waals surface area (Å²) in [6.07, 6.45) is 4.90. The lowest BCUT2D eigenvalue weighted by atomic mass is 9.98. The number of anilines is 2. The number of aliphatic hydroxyl groups is 1. The van der Waals surface area contributed by atoms with Crippen LogP contribution in [0.2, 0.25) is 5.02 Å². The molecule has 2 aromatic heterocycles. The summed E-state index contributed by atoms with van der Waals surface area (Å²) in [6.45, 7) is 8.85. The van der Waals surface area contributed by atoms with Crippen molar-refractivity contribution in [3.63, 3.8) is 0 Å². The number of piperidine rings is 1. The first kappa shape index (κ1) is 27.9. The van der Waals surface area contributed by atoms with Gasteiger partial charge in [-0.25, -0.2) is 14.8 Å². The average molecular weight is 546 g/mol. The highest BCUT2D eigenvalue weighted by Crippen LogP contribution is 2.31. The first-order chi connectivity index (χ1) is 18.2. The molecule has 0 atom stereocenters. The van der Waals surface area contributed by atoms with Gasteiger partial charge in [-0.15, -0.1) is 0 Å². The highest BCUT2D eigenvalue weighted by atomic mass is 35.5. The molecule has 0 saturated carbocycles. The van der Waals surface area contributed by atoms with Gasteiger partial charge >= 0.3 is 6.09 Å². The lowest BCUT2D eigenvalue weighted by molar-refractivity contribution is 0.0165. The van der Waals surface area contributed by atoms with Crippen LogP contribution in [0.5, 0.6) is 5.75 Å². The largest absolute Gasteiger partial charge is 0.492 e. The zero-order valence-electron chi connectivity index (χ0n) is 22.2. The normalized spacial score (nSPS) is 14.6. The van der Waals surface area contributed by atoms with E-state index in [1.165, 1.54) is 6.33 Å². The number of amides is 1. The fraction of sp³-hybridized carbons (Fsp3) is 0.519. The van der Waals surface area contributed by atoms with Crippen molar-refractivity contribution < 1.29 is 24.1 Å². The third kappa shape index (κ3) is 7.49. The number of aromatic nitrogens is 3. The van der Waals surface area contributed by atoms with E-state index in [9.17, 15) is 4.79 Å². The number of fused-ring (bicyclic) bond motifs is 1. The Bertz CT molecular complexity index is 1220. The molecular formula is C27H36ClN5O5. The molecule has 0 aliphatic carbocycles. The van der Waals surface area contributed by atoms with Crippen LogP contribution in [0.25, 0.3) is 11.0 Å². The lowest BCUT2D eigenvalue weighted by Gasteiger charge is -2.33. The van der Waals surface area contributed by atoms with Crippen LogP contribution in [0.1, 0.15) is 33.6 Å². The third-order valence-corrected chi connectivity index (χ3v) is 6.49. The topological polar surface area (TPSA) is 111 Å². The fourth-order valence-electron chi connectivity index (χ4n) is 4.29. The van der Waals surface area contributed by atoms with Crippen molar-refractivity contribution in [3.8, 4) is 5.75 Å². The van der Waals surface area contributed by atoms with Gasteiger partial charge in [-0.1, -0.05) is 11.6 Å². The number of likely N-dealkylation sites (tertiary alicyclic amines) is 1. The summed E-state index contributed by atoms with van der Waals surface area (Å²) in [5.74, 6) is 1.61. The first-order valence-corrected chi connectivity index (χ1v) is 13.3. The molecule has 1 amide bonds. The maximum atomic E-state index is 12.3. The van der Waals surface area contributed by atoms with Gasteiger partial charge in [0.1, 0.15) is 23.2 Å². The van der Waals surface area contributed by atoms with Crippen LogP contribution < -0.4 is 10.1 Å². The fourth-order valence-corrected chi connectivity index (χ4v) is 4.52. The second-order valence-corrected chi connectivity index (χ2v) is 10.7. The van der Waals surface area contributed by atoms with Gasteiger partial charge in [0.05, 0.1) is 37.0 Å². The number of hydrogen-bond donors (Lipinski definition) is 2. The first-order valence-electron chi connectivity index (χ1n) is 12.9. The van der Waals surface area contributed by atoms with Gasteiger partial charge in [-0.3, -0.25) is 0 Å². The minimum atomic E-state index is -0.492. The Morgan fingerprint density at radius 1 is 1.18 bits per heavy atom. The minimum absolute atomic E-state index is 0.00380. The van der Waals surface area contributed by atoms with E-state index in [0.717, 1.165) is 29.6 Å². The van der Waals surface area contributed by atoms with E-state index in [-0.39, 0.29) is 12.7 Å². The van der Waals surface area contributed by atoms with Crippen LogP contribution in [-0.4, -0.2) is 75.8 Å².